The van der Waals surface area contributed by atoms with Crippen LogP contribution in [0.2, 0.25) is 0 Å². The van der Waals surface area contributed by atoms with E-state index in [-0.39, 0.29) is 12.5 Å². The van der Waals surface area contributed by atoms with Gasteiger partial charge in [0.2, 0.25) is 5.91 Å². The average molecular weight is 263 g/mol. The molecule has 2 N–H and O–H groups in total. The van der Waals surface area contributed by atoms with E-state index in [2.05, 4.69) is 43.4 Å². The van der Waals surface area contributed by atoms with Gasteiger partial charge in [-0.2, -0.15) is 0 Å². The van der Waals surface area contributed by atoms with Gasteiger partial charge in [0.25, 0.3) is 0 Å². The maximum Gasteiger partial charge on any atom is 0.220 e. The Labute approximate surface area is 116 Å². The lowest BCUT2D eigenvalue weighted by Crippen LogP contribution is -2.29. The highest BCUT2D eigenvalue weighted by atomic mass is 16.3. The number of hydrogen-bond donors (Lipinski definition) is 2. The van der Waals surface area contributed by atoms with Gasteiger partial charge in [0.15, 0.2) is 0 Å². The smallest absolute Gasteiger partial charge is 0.220 e. The van der Waals surface area contributed by atoms with Crippen LogP contribution in [0.1, 0.15) is 37.3 Å². The molecule has 3 heteroatoms. The number of aliphatic hydroxyl groups is 1. The second-order valence-electron chi connectivity index (χ2n) is 5.08. The molecule has 0 aromatic heterocycles. The summed E-state index contributed by atoms with van der Waals surface area (Å²) in [7, 11) is 0. The van der Waals surface area contributed by atoms with Crippen molar-refractivity contribution >= 4 is 5.91 Å². The van der Waals surface area contributed by atoms with E-state index in [1.807, 2.05) is 0 Å². The van der Waals surface area contributed by atoms with Crippen molar-refractivity contribution in [2.45, 2.75) is 39.5 Å². The molecule has 1 rings (SSSR count). The number of rotatable bonds is 8. The SMILES string of the molecule is CCC(CCO)CNC(=O)CCc1ccc(C)cc1. The van der Waals surface area contributed by atoms with Crippen LogP contribution in [0.5, 0.6) is 0 Å². The molecule has 0 aliphatic rings. The van der Waals surface area contributed by atoms with Gasteiger partial charge in [-0.15, -0.1) is 0 Å². The summed E-state index contributed by atoms with van der Waals surface area (Å²) in [4.78, 5) is 11.7. The Morgan fingerprint density at radius 2 is 2.00 bits per heavy atom. The Bertz CT molecular complexity index is 373. The molecule has 0 heterocycles. The lowest BCUT2D eigenvalue weighted by atomic mass is 10.0. The van der Waals surface area contributed by atoms with E-state index >= 15 is 0 Å². The lowest BCUT2D eigenvalue weighted by molar-refractivity contribution is -0.121. The Morgan fingerprint density at radius 3 is 2.58 bits per heavy atom. The molecule has 1 amide bonds. The van der Waals surface area contributed by atoms with E-state index in [1.165, 1.54) is 11.1 Å². The van der Waals surface area contributed by atoms with Gasteiger partial charge in [0.1, 0.15) is 0 Å². The molecule has 1 aromatic carbocycles. The van der Waals surface area contributed by atoms with Gasteiger partial charge in [-0.05, 0) is 31.2 Å². The summed E-state index contributed by atoms with van der Waals surface area (Å²) in [6.07, 6.45) is 3.05. The van der Waals surface area contributed by atoms with Crippen molar-refractivity contribution in [2.75, 3.05) is 13.2 Å². The van der Waals surface area contributed by atoms with Crippen LogP contribution in [-0.2, 0) is 11.2 Å². The Morgan fingerprint density at radius 1 is 1.32 bits per heavy atom. The van der Waals surface area contributed by atoms with Crippen molar-refractivity contribution in [3.8, 4) is 0 Å². The highest BCUT2D eigenvalue weighted by molar-refractivity contribution is 5.76. The lowest BCUT2D eigenvalue weighted by Gasteiger charge is -2.14. The molecular weight excluding hydrogens is 238 g/mol. The van der Waals surface area contributed by atoms with Gasteiger partial charge in [-0.1, -0.05) is 43.2 Å². The number of benzene rings is 1. The molecular formula is C16H25NO2. The minimum absolute atomic E-state index is 0.0944. The monoisotopic (exact) mass is 263 g/mol. The van der Waals surface area contributed by atoms with Gasteiger partial charge in [0.05, 0.1) is 0 Å². The zero-order valence-electron chi connectivity index (χ0n) is 12.0. The summed E-state index contributed by atoms with van der Waals surface area (Å²) < 4.78 is 0. The van der Waals surface area contributed by atoms with Crippen LogP contribution in [0.4, 0.5) is 0 Å². The minimum Gasteiger partial charge on any atom is -0.396 e. The van der Waals surface area contributed by atoms with Crippen molar-refractivity contribution in [3.63, 3.8) is 0 Å². The number of carbonyl (C=O) groups is 1. The third-order valence-corrected chi connectivity index (χ3v) is 3.46. The van der Waals surface area contributed by atoms with Crippen molar-refractivity contribution in [3.05, 3.63) is 35.4 Å². The van der Waals surface area contributed by atoms with Crippen LogP contribution in [0, 0.1) is 12.8 Å². The molecule has 0 saturated heterocycles. The van der Waals surface area contributed by atoms with Crippen molar-refractivity contribution in [2.24, 2.45) is 5.92 Å². The van der Waals surface area contributed by atoms with Crippen LogP contribution in [0.25, 0.3) is 0 Å². The first kappa shape index (κ1) is 15.7. The molecule has 1 unspecified atom stereocenters. The molecule has 0 aliphatic heterocycles. The van der Waals surface area contributed by atoms with E-state index in [0.717, 1.165) is 19.3 Å². The van der Waals surface area contributed by atoms with Crippen molar-refractivity contribution < 1.29 is 9.90 Å². The summed E-state index contributed by atoms with van der Waals surface area (Å²) >= 11 is 0. The van der Waals surface area contributed by atoms with Crippen LogP contribution < -0.4 is 5.32 Å². The molecule has 19 heavy (non-hydrogen) atoms. The molecule has 106 valence electrons. The van der Waals surface area contributed by atoms with E-state index in [9.17, 15) is 4.79 Å². The summed E-state index contributed by atoms with van der Waals surface area (Å²) in [5.41, 5.74) is 2.44. The van der Waals surface area contributed by atoms with E-state index in [1.54, 1.807) is 0 Å². The summed E-state index contributed by atoms with van der Waals surface area (Å²) in [5.74, 6) is 0.477. The second kappa shape index (κ2) is 8.70. The zero-order valence-corrected chi connectivity index (χ0v) is 12.0. The summed E-state index contributed by atoms with van der Waals surface area (Å²) in [5, 5.41) is 11.8. The molecule has 0 bridgehead atoms. The van der Waals surface area contributed by atoms with E-state index < -0.39 is 0 Å². The van der Waals surface area contributed by atoms with E-state index in [0.29, 0.717) is 18.9 Å². The maximum atomic E-state index is 11.7. The average Bonchev–Trinajstić information content (AvgIpc) is 2.42. The number of amides is 1. The maximum absolute atomic E-state index is 11.7. The first-order valence-corrected chi connectivity index (χ1v) is 7.08. The van der Waals surface area contributed by atoms with E-state index in [4.69, 9.17) is 5.11 Å². The minimum atomic E-state index is 0.0944. The Kier molecular flexibility index (Phi) is 7.19. The fourth-order valence-electron chi connectivity index (χ4n) is 1.99. The number of carbonyl (C=O) groups excluding carboxylic acids is 1. The third-order valence-electron chi connectivity index (χ3n) is 3.46. The third kappa shape index (κ3) is 6.39. The number of aliphatic hydroxyl groups excluding tert-OH is 1. The molecule has 1 aromatic rings. The first-order chi connectivity index (χ1) is 9.15. The van der Waals surface area contributed by atoms with Gasteiger partial charge in [-0.3, -0.25) is 4.79 Å². The molecule has 3 nitrogen and oxygen atoms in total. The standard InChI is InChI=1S/C16H25NO2/c1-3-14(10-11-18)12-17-16(19)9-8-15-6-4-13(2)5-7-15/h4-7,14,18H,3,8-12H2,1-2H3,(H,17,19). The van der Waals surface area contributed by atoms with Crippen molar-refractivity contribution in [1.82, 2.24) is 5.32 Å². The summed E-state index contributed by atoms with van der Waals surface area (Å²) in [6, 6.07) is 8.29. The predicted molar refractivity (Wildman–Crippen MR) is 78.0 cm³/mol. The second-order valence-corrected chi connectivity index (χ2v) is 5.08. The van der Waals surface area contributed by atoms with Gasteiger partial charge < -0.3 is 10.4 Å². The highest BCUT2D eigenvalue weighted by Gasteiger charge is 2.08. The van der Waals surface area contributed by atoms with Crippen LogP contribution in [0.3, 0.4) is 0 Å². The van der Waals surface area contributed by atoms with Crippen molar-refractivity contribution in [1.29, 1.82) is 0 Å². The van der Waals surface area contributed by atoms with Gasteiger partial charge in [-0.25, -0.2) is 0 Å². The molecule has 0 radical (unpaired) electrons. The van der Waals surface area contributed by atoms with Crippen LogP contribution in [-0.4, -0.2) is 24.2 Å². The number of nitrogens with one attached hydrogen (secondary N) is 1. The molecule has 0 fully saturated rings. The Balaban J connectivity index is 2.25. The largest absolute Gasteiger partial charge is 0.396 e. The van der Waals surface area contributed by atoms with Gasteiger partial charge in [0, 0.05) is 19.6 Å². The Hall–Kier alpha value is -1.35. The number of aryl methyl sites for hydroxylation is 2. The zero-order chi connectivity index (χ0) is 14.1. The quantitative estimate of drug-likeness (QED) is 0.757. The predicted octanol–water partition coefficient (Wildman–Crippen LogP) is 2.45. The summed E-state index contributed by atoms with van der Waals surface area (Å²) in [6.45, 7) is 5.00. The molecule has 0 aliphatic carbocycles. The molecule has 1 atom stereocenters. The molecule has 0 saturated carbocycles. The highest BCUT2D eigenvalue weighted by Crippen LogP contribution is 2.07. The topological polar surface area (TPSA) is 49.3 Å². The number of hydrogen-bond acceptors (Lipinski definition) is 2. The van der Waals surface area contributed by atoms with Crippen LogP contribution in [0.15, 0.2) is 24.3 Å². The normalized spacial score (nSPS) is 12.2. The fraction of sp³-hybridized carbons (Fsp3) is 0.562. The van der Waals surface area contributed by atoms with Gasteiger partial charge >= 0.3 is 0 Å². The molecule has 0 spiro atoms. The van der Waals surface area contributed by atoms with Crippen LogP contribution >= 0.6 is 0 Å². The fourth-order valence-corrected chi connectivity index (χ4v) is 1.99. The first-order valence-electron chi connectivity index (χ1n) is 7.08.